The predicted octanol–water partition coefficient (Wildman–Crippen LogP) is 3.79. The molecule has 2 aromatic rings. The van der Waals surface area contributed by atoms with Crippen molar-refractivity contribution in [1.82, 2.24) is 10.2 Å². The van der Waals surface area contributed by atoms with E-state index in [0.717, 1.165) is 16.0 Å². The van der Waals surface area contributed by atoms with E-state index in [1.807, 2.05) is 30.3 Å². The summed E-state index contributed by atoms with van der Waals surface area (Å²) in [6.07, 6.45) is 1.63. The van der Waals surface area contributed by atoms with E-state index in [0.29, 0.717) is 24.7 Å². The van der Waals surface area contributed by atoms with Gasteiger partial charge in [-0.3, -0.25) is 9.69 Å². The Morgan fingerprint density at radius 3 is 2.48 bits per heavy atom. The van der Waals surface area contributed by atoms with E-state index in [1.54, 1.807) is 32.2 Å². The molecule has 1 fully saturated rings. The number of hydrogen-bond donors (Lipinski definition) is 1. The first-order valence-corrected chi connectivity index (χ1v) is 9.49. The van der Waals surface area contributed by atoms with Crippen LogP contribution in [-0.2, 0) is 11.4 Å². The molecule has 1 saturated heterocycles. The monoisotopic (exact) mass is 478 g/mol. The highest BCUT2D eigenvalue weighted by molar-refractivity contribution is 14.1. The van der Waals surface area contributed by atoms with Gasteiger partial charge >= 0.3 is 6.03 Å². The van der Waals surface area contributed by atoms with Crippen molar-refractivity contribution in [2.24, 2.45) is 0 Å². The van der Waals surface area contributed by atoms with Gasteiger partial charge in [-0.2, -0.15) is 0 Å². The number of ether oxygens (including phenoxy) is 2. The third-order valence-electron chi connectivity index (χ3n) is 4.08. The van der Waals surface area contributed by atoms with Crippen LogP contribution in [0.4, 0.5) is 4.79 Å². The van der Waals surface area contributed by atoms with Crippen LogP contribution in [0.2, 0.25) is 0 Å². The van der Waals surface area contributed by atoms with E-state index in [4.69, 9.17) is 9.47 Å². The highest BCUT2D eigenvalue weighted by atomic mass is 127. The van der Waals surface area contributed by atoms with Crippen LogP contribution in [0, 0.1) is 3.57 Å². The van der Waals surface area contributed by atoms with Crippen molar-refractivity contribution in [2.45, 2.75) is 13.5 Å². The number of carbonyl (C=O) groups excluding carboxylic acids is 2. The Hall–Kier alpha value is -2.55. The molecule has 0 saturated carbocycles. The van der Waals surface area contributed by atoms with Crippen LogP contribution in [0.3, 0.4) is 0 Å². The van der Waals surface area contributed by atoms with Crippen molar-refractivity contribution in [2.75, 3.05) is 13.7 Å². The van der Waals surface area contributed by atoms with Gasteiger partial charge in [-0.1, -0.05) is 18.2 Å². The zero-order chi connectivity index (χ0) is 19.4. The van der Waals surface area contributed by atoms with Crippen molar-refractivity contribution in [3.63, 3.8) is 0 Å². The SMILES string of the molecule is CCN1C(=O)N/C(=C/c2ccc(OCc3ccc(I)cc3)c(OC)c2)C1=O. The number of methoxy groups -OCH3 is 1. The summed E-state index contributed by atoms with van der Waals surface area (Å²) in [7, 11) is 1.56. The van der Waals surface area contributed by atoms with Gasteiger partial charge in [-0.15, -0.1) is 0 Å². The standard InChI is InChI=1S/C20H19IN2O4/c1-3-23-19(24)16(22-20(23)25)10-14-6-9-17(18(11-14)26-2)27-12-13-4-7-15(21)8-5-13/h4-11H,3,12H2,1-2H3,(H,22,25)/b16-10+. The number of imide groups is 1. The number of nitrogens with zero attached hydrogens (tertiary/aromatic N) is 1. The van der Waals surface area contributed by atoms with E-state index in [1.165, 1.54) is 3.57 Å². The normalized spacial score (nSPS) is 15.2. The molecular weight excluding hydrogens is 459 g/mol. The lowest BCUT2D eigenvalue weighted by atomic mass is 10.1. The quantitative estimate of drug-likeness (QED) is 0.390. The molecule has 1 N–H and O–H groups in total. The minimum absolute atomic E-state index is 0.247. The van der Waals surface area contributed by atoms with Gasteiger partial charge in [-0.25, -0.2) is 4.79 Å². The van der Waals surface area contributed by atoms with Crippen LogP contribution in [0.1, 0.15) is 18.1 Å². The summed E-state index contributed by atoms with van der Waals surface area (Å²) in [4.78, 5) is 25.1. The number of benzene rings is 2. The maximum atomic E-state index is 12.2. The maximum Gasteiger partial charge on any atom is 0.328 e. The summed E-state index contributed by atoms with van der Waals surface area (Å²) in [6, 6.07) is 13.0. The van der Waals surface area contributed by atoms with Crippen LogP contribution >= 0.6 is 22.6 Å². The molecule has 1 aliphatic heterocycles. The molecule has 7 heteroatoms. The second kappa shape index (κ2) is 8.43. The number of urea groups is 1. The van der Waals surface area contributed by atoms with E-state index in [9.17, 15) is 9.59 Å². The molecule has 0 atom stereocenters. The maximum absolute atomic E-state index is 12.2. The smallest absolute Gasteiger partial charge is 0.328 e. The fraction of sp³-hybridized carbons (Fsp3) is 0.200. The number of carbonyl (C=O) groups is 2. The number of amides is 3. The molecular formula is C20H19IN2O4. The van der Waals surface area contributed by atoms with Crippen LogP contribution in [-0.4, -0.2) is 30.5 Å². The van der Waals surface area contributed by atoms with Gasteiger partial charge in [0.2, 0.25) is 0 Å². The first kappa shape index (κ1) is 19.2. The molecule has 2 aromatic carbocycles. The molecule has 0 unspecified atom stereocenters. The van der Waals surface area contributed by atoms with Crippen molar-refractivity contribution < 1.29 is 19.1 Å². The lowest BCUT2D eigenvalue weighted by Gasteiger charge is -2.12. The lowest BCUT2D eigenvalue weighted by Crippen LogP contribution is -2.30. The number of nitrogens with one attached hydrogen (secondary N) is 1. The Morgan fingerprint density at radius 2 is 1.85 bits per heavy atom. The van der Waals surface area contributed by atoms with E-state index < -0.39 is 6.03 Å². The van der Waals surface area contributed by atoms with Gasteiger partial charge < -0.3 is 14.8 Å². The average molecular weight is 478 g/mol. The minimum atomic E-state index is -0.404. The van der Waals surface area contributed by atoms with Crippen molar-refractivity contribution >= 4 is 40.6 Å². The Kier molecular flexibility index (Phi) is 6.00. The summed E-state index contributed by atoms with van der Waals surface area (Å²) in [6.45, 7) is 2.51. The third-order valence-corrected chi connectivity index (χ3v) is 4.80. The Morgan fingerprint density at radius 1 is 1.11 bits per heavy atom. The van der Waals surface area contributed by atoms with Gasteiger partial charge in [0.05, 0.1) is 7.11 Å². The Labute approximate surface area is 171 Å². The molecule has 27 heavy (non-hydrogen) atoms. The first-order chi connectivity index (χ1) is 13.0. The number of hydrogen-bond acceptors (Lipinski definition) is 4. The second-order valence-electron chi connectivity index (χ2n) is 5.86. The fourth-order valence-corrected chi connectivity index (χ4v) is 3.02. The van der Waals surface area contributed by atoms with Crippen molar-refractivity contribution in [3.05, 3.63) is 62.9 Å². The lowest BCUT2D eigenvalue weighted by molar-refractivity contribution is -0.122. The molecule has 0 aliphatic carbocycles. The third kappa shape index (κ3) is 4.41. The van der Waals surface area contributed by atoms with Crippen LogP contribution in [0.5, 0.6) is 11.5 Å². The zero-order valence-corrected chi connectivity index (χ0v) is 17.1. The number of likely N-dealkylation sites (N-methyl/N-ethyl adjacent to an activating group) is 1. The molecule has 1 aliphatic rings. The predicted molar refractivity (Wildman–Crippen MR) is 110 cm³/mol. The summed E-state index contributed by atoms with van der Waals surface area (Å²) in [5, 5.41) is 2.58. The largest absolute Gasteiger partial charge is 0.493 e. The minimum Gasteiger partial charge on any atom is -0.493 e. The molecule has 140 valence electrons. The van der Waals surface area contributed by atoms with E-state index in [-0.39, 0.29) is 11.6 Å². The fourth-order valence-electron chi connectivity index (χ4n) is 2.66. The van der Waals surface area contributed by atoms with Crippen LogP contribution < -0.4 is 14.8 Å². The summed E-state index contributed by atoms with van der Waals surface area (Å²) < 4.78 is 12.4. The topological polar surface area (TPSA) is 67.9 Å². The highest BCUT2D eigenvalue weighted by Gasteiger charge is 2.31. The van der Waals surface area contributed by atoms with Gasteiger partial charge in [0.1, 0.15) is 12.3 Å². The second-order valence-corrected chi connectivity index (χ2v) is 7.11. The first-order valence-electron chi connectivity index (χ1n) is 8.41. The summed E-state index contributed by atoms with van der Waals surface area (Å²) in [5.74, 6) is 0.828. The highest BCUT2D eigenvalue weighted by Crippen LogP contribution is 2.30. The van der Waals surface area contributed by atoms with Gasteiger partial charge in [0, 0.05) is 10.1 Å². The summed E-state index contributed by atoms with van der Waals surface area (Å²) >= 11 is 2.26. The molecule has 0 bridgehead atoms. The van der Waals surface area contributed by atoms with Crippen LogP contribution in [0.15, 0.2) is 48.2 Å². The van der Waals surface area contributed by atoms with Gasteiger partial charge in [-0.05, 0) is 71.0 Å². The number of rotatable bonds is 6. The van der Waals surface area contributed by atoms with Gasteiger partial charge in [0.15, 0.2) is 11.5 Å². The molecule has 6 nitrogen and oxygen atoms in total. The van der Waals surface area contributed by atoms with Crippen molar-refractivity contribution in [1.29, 1.82) is 0 Å². The molecule has 0 aromatic heterocycles. The zero-order valence-electron chi connectivity index (χ0n) is 15.0. The Balaban J connectivity index is 1.76. The Bertz CT molecular complexity index is 893. The van der Waals surface area contributed by atoms with Crippen LogP contribution in [0.25, 0.3) is 6.08 Å². The molecule has 0 spiro atoms. The number of halogens is 1. The molecule has 3 amide bonds. The molecule has 3 rings (SSSR count). The van der Waals surface area contributed by atoms with Crippen molar-refractivity contribution in [3.8, 4) is 11.5 Å². The molecule has 0 radical (unpaired) electrons. The average Bonchev–Trinajstić information content (AvgIpc) is 2.94. The molecule has 1 heterocycles. The van der Waals surface area contributed by atoms with E-state index in [2.05, 4.69) is 27.9 Å². The summed E-state index contributed by atoms with van der Waals surface area (Å²) in [5.41, 5.74) is 2.04. The van der Waals surface area contributed by atoms with Gasteiger partial charge in [0.25, 0.3) is 5.91 Å². The van der Waals surface area contributed by atoms with E-state index >= 15 is 0 Å².